The van der Waals surface area contributed by atoms with Gasteiger partial charge >= 0.3 is 17.9 Å². The van der Waals surface area contributed by atoms with Gasteiger partial charge in [-0.3, -0.25) is 14.4 Å². The van der Waals surface area contributed by atoms with Crippen LogP contribution in [-0.2, 0) is 49.4 Å². The molecule has 1 fully saturated rings. The monoisotopic (exact) mass is 688 g/mol. The molecular formula is C40H64O9. The van der Waals surface area contributed by atoms with Gasteiger partial charge in [0.15, 0.2) is 12.4 Å². The van der Waals surface area contributed by atoms with Crippen molar-refractivity contribution in [3.05, 3.63) is 48.0 Å². The van der Waals surface area contributed by atoms with E-state index in [-0.39, 0.29) is 25.2 Å². The standard InChI is InChI=1S/C40H64O9/c1-5-6-7-8-9-10-11-14-17-23-28-35(47-32(2)41)37-38(46-31-34-26-21-20-22-27-34)39(48-33(3)42)40(49-37)45-30-25-19-16-13-12-15-18-24-29-36(43)44-4/h19-22,25-27,35,37-40H,5-18,23-24,28-31H2,1-4H3/b25-19+/t35-,37+,38-,39+,40-/m0/s1. The van der Waals surface area contributed by atoms with E-state index >= 15 is 0 Å². The first kappa shape index (κ1) is 42.4. The third kappa shape index (κ3) is 19.3. The lowest BCUT2D eigenvalue weighted by molar-refractivity contribution is -0.192. The maximum absolute atomic E-state index is 12.3. The summed E-state index contributed by atoms with van der Waals surface area (Å²) in [6, 6.07) is 9.78. The molecule has 0 saturated carbocycles. The second-order valence-corrected chi connectivity index (χ2v) is 13.1. The van der Waals surface area contributed by atoms with Crippen molar-refractivity contribution in [3.63, 3.8) is 0 Å². The van der Waals surface area contributed by atoms with Crippen LogP contribution in [0.5, 0.6) is 0 Å². The van der Waals surface area contributed by atoms with Crippen LogP contribution in [0.3, 0.4) is 0 Å². The lowest BCUT2D eigenvalue weighted by atomic mass is 9.99. The Balaban J connectivity index is 1.98. The van der Waals surface area contributed by atoms with Crippen LogP contribution in [0.4, 0.5) is 0 Å². The number of carbonyl (C=O) groups is 3. The number of methoxy groups -OCH3 is 1. The van der Waals surface area contributed by atoms with E-state index < -0.39 is 36.7 Å². The van der Waals surface area contributed by atoms with Crippen LogP contribution in [0.2, 0.25) is 0 Å². The molecule has 5 atom stereocenters. The van der Waals surface area contributed by atoms with Gasteiger partial charge in [0.25, 0.3) is 0 Å². The van der Waals surface area contributed by atoms with Crippen molar-refractivity contribution in [2.75, 3.05) is 13.7 Å². The topological polar surface area (TPSA) is 107 Å². The quantitative estimate of drug-likeness (QED) is 0.0369. The van der Waals surface area contributed by atoms with Crippen LogP contribution >= 0.6 is 0 Å². The van der Waals surface area contributed by atoms with Crippen LogP contribution in [0.25, 0.3) is 0 Å². The molecule has 0 bridgehead atoms. The summed E-state index contributed by atoms with van der Waals surface area (Å²) in [6.45, 7) is 5.57. The summed E-state index contributed by atoms with van der Waals surface area (Å²) in [4.78, 5) is 35.8. The molecule has 1 heterocycles. The normalized spacial score (nSPS) is 19.6. The average molecular weight is 689 g/mol. The molecule has 1 saturated heterocycles. The van der Waals surface area contributed by atoms with Crippen molar-refractivity contribution < 1.29 is 42.8 Å². The molecule has 1 aromatic carbocycles. The third-order valence-corrected chi connectivity index (χ3v) is 8.82. The lowest BCUT2D eigenvalue weighted by Gasteiger charge is -2.28. The fourth-order valence-corrected chi connectivity index (χ4v) is 6.19. The summed E-state index contributed by atoms with van der Waals surface area (Å²) in [5.41, 5.74) is 0.970. The van der Waals surface area contributed by atoms with Gasteiger partial charge in [-0.2, -0.15) is 0 Å². The first-order valence-electron chi connectivity index (χ1n) is 18.8. The molecule has 1 aliphatic heterocycles. The molecular weight excluding hydrogens is 624 g/mol. The van der Waals surface area contributed by atoms with Crippen LogP contribution in [0.15, 0.2) is 42.5 Å². The van der Waals surface area contributed by atoms with Crippen molar-refractivity contribution >= 4 is 17.9 Å². The molecule has 0 spiro atoms. The van der Waals surface area contributed by atoms with E-state index in [1.165, 1.54) is 65.9 Å². The predicted octanol–water partition coefficient (Wildman–Crippen LogP) is 8.95. The van der Waals surface area contributed by atoms with Gasteiger partial charge in [0.1, 0.15) is 18.3 Å². The van der Waals surface area contributed by atoms with Crippen LogP contribution in [0.1, 0.15) is 142 Å². The van der Waals surface area contributed by atoms with Gasteiger partial charge < -0.3 is 28.4 Å². The Labute approximate surface area is 295 Å². The number of carbonyl (C=O) groups excluding carboxylic acids is 3. The van der Waals surface area contributed by atoms with Gasteiger partial charge in [-0.15, -0.1) is 0 Å². The highest BCUT2D eigenvalue weighted by molar-refractivity contribution is 5.69. The number of unbranched alkanes of at least 4 members (excludes halogenated alkanes) is 14. The van der Waals surface area contributed by atoms with Gasteiger partial charge in [-0.1, -0.05) is 126 Å². The molecule has 0 aromatic heterocycles. The van der Waals surface area contributed by atoms with E-state index in [1.807, 2.05) is 36.4 Å². The molecule has 9 nitrogen and oxygen atoms in total. The maximum Gasteiger partial charge on any atom is 0.305 e. The van der Waals surface area contributed by atoms with Crippen molar-refractivity contribution in [1.82, 2.24) is 0 Å². The second kappa shape index (κ2) is 27.0. The summed E-state index contributed by atoms with van der Waals surface area (Å²) in [7, 11) is 1.42. The highest BCUT2D eigenvalue weighted by Gasteiger charge is 2.52. The van der Waals surface area contributed by atoms with Gasteiger partial charge in [0.2, 0.25) is 0 Å². The molecule has 49 heavy (non-hydrogen) atoms. The largest absolute Gasteiger partial charge is 0.469 e. The molecule has 0 N–H and O–H groups in total. The number of rotatable bonds is 28. The highest BCUT2D eigenvalue weighted by atomic mass is 16.7. The van der Waals surface area contributed by atoms with Crippen LogP contribution < -0.4 is 0 Å². The molecule has 2 rings (SSSR count). The average Bonchev–Trinajstić information content (AvgIpc) is 3.42. The van der Waals surface area contributed by atoms with Gasteiger partial charge in [0.05, 0.1) is 20.3 Å². The predicted molar refractivity (Wildman–Crippen MR) is 191 cm³/mol. The zero-order chi connectivity index (χ0) is 35.5. The van der Waals surface area contributed by atoms with Crippen LogP contribution in [0, 0.1) is 0 Å². The minimum absolute atomic E-state index is 0.151. The minimum Gasteiger partial charge on any atom is -0.469 e. The first-order valence-corrected chi connectivity index (χ1v) is 18.8. The zero-order valence-electron chi connectivity index (χ0n) is 30.7. The zero-order valence-corrected chi connectivity index (χ0v) is 30.7. The summed E-state index contributed by atoms with van der Waals surface area (Å²) in [5.74, 6) is -0.999. The number of benzene rings is 1. The maximum atomic E-state index is 12.3. The highest BCUT2D eigenvalue weighted by Crippen LogP contribution is 2.33. The Morgan fingerprint density at radius 1 is 0.755 bits per heavy atom. The number of hydrogen-bond donors (Lipinski definition) is 0. The van der Waals surface area contributed by atoms with Crippen LogP contribution in [-0.4, -0.2) is 62.3 Å². The van der Waals surface area contributed by atoms with E-state index in [1.54, 1.807) is 0 Å². The second-order valence-electron chi connectivity index (χ2n) is 13.1. The Hall–Kier alpha value is -2.75. The van der Waals surface area contributed by atoms with Gasteiger partial charge in [-0.05, 0) is 37.7 Å². The van der Waals surface area contributed by atoms with E-state index in [9.17, 15) is 14.4 Å². The number of hydrogen-bond acceptors (Lipinski definition) is 9. The molecule has 0 aliphatic carbocycles. The first-order chi connectivity index (χ1) is 23.8. The summed E-state index contributed by atoms with van der Waals surface area (Å²) in [6.07, 6.45) is 19.6. The Kier molecular flexibility index (Phi) is 23.4. The van der Waals surface area contributed by atoms with Crippen molar-refractivity contribution in [2.24, 2.45) is 0 Å². The molecule has 9 heteroatoms. The van der Waals surface area contributed by atoms with E-state index in [0.717, 1.165) is 63.4 Å². The minimum atomic E-state index is -0.875. The molecule has 0 radical (unpaired) electrons. The fourth-order valence-electron chi connectivity index (χ4n) is 6.19. The van der Waals surface area contributed by atoms with E-state index in [2.05, 4.69) is 17.7 Å². The SMILES string of the molecule is CCCCCCCCCCCC[C@H](OC(C)=O)[C@H]1O[C@H](OC/C=C/CCCCCCCC(=O)OC)[C@H](OC(C)=O)[C@H]1OCc1ccccc1. The Morgan fingerprint density at radius 2 is 1.39 bits per heavy atom. The Morgan fingerprint density at radius 3 is 2.02 bits per heavy atom. The van der Waals surface area contributed by atoms with E-state index in [0.29, 0.717) is 12.8 Å². The van der Waals surface area contributed by atoms with Gasteiger partial charge in [-0.25, -0.2) is 0 Å². The smallest absolute Gasteiger partial charge is 0.305 e. The molecule has 0 amide bonds. The fraction of sp³-hybridized carbons (Fsp3) is 0.725. The van der Waals surface area contributed by atoms with Crippen molar-refractivity contribution in [1.29, 1.82) is 0 Å². The van der Waals surface area contributed by atoms with Crippen molar-refractivity contribution in [3.8, 4) is 0 Å². The Bertz CT molecular complexity index is 1040. The number of esters is 3. The third-order valence-electron chi connectivity index (χ3n) is 8.82. The summed E-state index contributed by atoms with van der Waals surface area (Å²) < 4.78 is 35.3. The van der Waals surface area contributed by atoms with E-state index in [4.69, 9.17) is 23.7 Å². The molecule has 1 aromatic rings. The summed E-state index contributed by atoms with van der Waals surface area (Å²) in [5, 5.41) is 0. The lowest BCUT2D eigenvalue weighted by Crippen LogP contribution is -2.44. The summed E-state index contributed by atoms with van der Waals surface area (Å²) >= 11 is 0. The van der Waals surface area contributed by atoms with Gasteiger partial charge in [0, 0.05) is 20.3 Å². The number of allylic oxidation sites excluding steroid dienone is 1. The molecule has 1 aliphatic rings. The van der Waals surface area contributed by atoms with Crippen molar-refractivity contribution in [2.45, 2.75) is 174 Å². The molecule has 278 valence electrons. The number of ether oxygens (including phenoxy) is 6. The molecule has 0 unspecified atom stereocenters.